The van der Waals surface area contributed by atoms with Crippen molar-refractivity contribution in [3.63, 3.8) is 0 Å². The molecule has 2 aromatic rings. The molecule has 20 heavy (non-hydrogen) atoms. The lowest BCUT2D eigenvalue weighted by Crippen LogP contribution is -2.25. The molecule has 5 nitrogen and oxygen atoms in total. The summed E-state index contributed by atoms with van der Waals surface area (Å²) in [5.74, 6) is -0.0925. The van der Waals surface area contributed by atoms with Crippen LogP contribution >= 0.6 is 12.2 Å². The molecule has 0 unspecified atom stereocenters. The molecule has 3 N–H and O–H groups in total. The molecule has 0 atom stereocenters. The number of carbonyl (C=O) groups excluding carboxylic acids is 1. The molecular weight excluding hydrogens is 272 g/mol. The largest absolute Gasteiger partial charge is 0.389 e. The molecular formula is C14H16N4OS. The quantitative estimate of drug-likeness (QED) is 0.621. The number of nitrogens with one attached hydrogen (secondary N) is 1. The molecule has 0 bridgehead atoms. The predicted octanol–water partition coefficient (Wildman–Crippen LogP) is 1.34. The molecule has 1 aromatic heterocycles. The summed E-state index contributed by atoms with van der Waals surface area (Å²) < 4.78 is 1.98. The number of hydrogen-bond donors (Lipinski definition) is 2. The van der Waals surface area contributed by atoms with Gasteiger partial charge in [0.15, 0.2) is 0 Å². The predicted molar refractivity (Wildman–Crippen MR) is 81.5 cm³/mol. The average Bonchev–Trinajstić information content (AvgIpc) is 2.96. The summed E-state index contributed by atoms with van der Waals surface area (Å²) in [6, 6.07) is 6.95. The Labute approximate surface area is 122 Å². The van der Waals surface area contributed by atoms with E-state index in [1.165, 1.54) is 0 Å². The highest BCUT2D eigenvalue weighted by Crippen LogP contribution is 2.04. The molecule has 1 heterocycles. The maximum Gasteiger partial charge on any atom is 0.251 e. The Morgan fingerprint density at radius 2 is 2.00 bits per heavy atom. The lowest BCUT2D eigenvalue weighted by molar-refractivity contribution is 0.0952. The van der Waals surface area contributed by atoms with Crippen LogP contribution in [0.4, 0.5) is 0 Å². The molecule has 0 fully saturated rings. The summed E-state index contributed by atoms with van der Waals surface area (Å²) >= 11 is 4.87. The molecule has 0 aliphatic carbocycles. The second kappa shape index (κ2) is 6.81. The SMILES string of the molecule is NC(=S)c1ccc(C(=O)NCCCn2ccnc2)cc1. The summed E-state index contributed by atoms with van der Waals surface area (Å²) in [5, 5.41) is 2.87. The molecule has 1 aromatic carbocycles. The van der Waals surface area contributed by atoms with Gasteiger partial charge in [-0.1, -0.05) is 24.4 Å². The first-order chi connectivity index (χ1) is 9.66. The monoisotopic (exact) mass is 288 g/mol. The fourth-order valence-electron chi connectivity index (χ4n) is 1.77. The van der Waals surface area contributed by atoms with Crippen molar-refractivity contribution in [3.8, 4) is 0 Å². The van der Waals surface area contributed by atoms with E-state index in [1.54, 1.807) is 36.8 Å². The van der Waals surface area contributed by atoms with Crippen LogP contribution in [0, 0.1) is 0 Å². The van der Waals surface area contributed by atoms with Crippen LogP contribution < -0.4 is 11.1 Å². The number of amides is 1. The van der Waals surface area contributed by atoms with E-state index < -0.39 is 0 Å². The zero-order valence-electron chi connectivity index (χ0n) is 11.0. The Morgan fingerprint density at radius 1 is 1.30 bits per heavy atom. The van der Waals surface area contributed by atoms with E-state index in [0.717, 1.165) is 18.5 Å². The second-order valence-corrected chi connectivity index (χ2v) is 4.79. The standard InChI is InChI=1S/C14H16N4OS/c15-13(20)11-2-4-12(5-3-11)14(19)17-6-1-8-18-9-7-16-10-18/h2-5,7,9-10H,1,6,8H2,(H2,15,20)(H,17,19). The van der Waals surface area contributed by atoms with Crippen LogP contribution in [0.3, 0.4) is 0 Å². The number of benzene rings is 1. The summed E-state index contributed by atoms with van der Waals surface area (Å²) in [4.78, 5) is 16.2. The zero-order chi connectivity index (χ0) is 14.4. The van der Waals surface area contributed by atoms with Gasteiger partial charge in [0.05, 0.1) is 6.33 Å². The van der Waals surface area contributed by atoms with Crippen LogP contribution in [0.25, 0.3) is 0 Å². The third kappa shape index (κ3) is 3.89. The van der Waals surface area contributed by atoms with Gasteiger partial charge in [-0.25, -0.2) is 4.98 Å². The number of nitrogens with two attached hydrogens (primary N) is 1. The fraction of sp³-hybridized carbons (Fsp3) is 0.214. The third-order valence-electron chi connectivity index (χ3n) is 2.87. The first-order valence-corrected chi connectivity index (χ1v) is 6.71. The van der Waals surface area contributed by atoms with Gasteiger partial charge in [-0.2, -0.15) is 0 Å². The fourth-order valence-corrected chi connectivity index (χ4v) is 1.91. The highest BCUT2D eigenvalue weighted by Gasteiger charge is 2.05. The smallest absolute Gasteiger partial charge is 0.251 e. The molecule has 0 radical (unpaired) electrons. The first kappa shape index (κ1) is 14.2. The van der Waals surface area contributed by atoms with E-state index in [2.05, 4.69) is 10.3 Å². The van der Waals surface area contributed by atoms with Gasteiger partial charge >= 0.3 is 0 Å². The van der Waals surface area contributed by atoms with Gasteiger partial charge in [0.25, 0.3) is 5.91 Å². The lowest BCUT2D eigenvalue weighted by atomic mass is 10.1. The van der Waals surface area contributed by atoms with Crippen molar-refractivity contribution in [2.75, 3.05) is 6.54 Å². The highest BCUT2D eigenvalue weighted by molar-refractivity contribution is 7.80. The number of nitrogens with zero attached hydrogens (tertiary/aromatic N) is 2. The van der Waals surface area contributed by atoms with Crippen LogP contribution in [0.5, 0.6) is 0 Å². The van der Waals surface area contributed by atoms with Crippen molar-refractivity contribution in [1.29, 1.82) is 0 Å². The number of imidazole rings is 1. The Hall–Kier alpha value is -2.21. The van der Waals surface area contributed by atoms with Gasteiger partial charge in [-0.3, -0.25) is 4.79 Å². The highest BCUT2D eigenvalue weighted by atomic mass is 32.1. The van der Waals surface area contributed by atoms with Gasteiger partial charge in [0, 0.05) is 36.6 Å². The van der Waals surface area contributed by atoms with Crippen molar-refractivity contribution in [3.05, 3.63) is 54.1 Å². The Morgan fingerprint density at radius 3 is 2.60 bits per heavy atom. The molecule has 0 spiro atoms. The summed E-state index contributed by atoms with van der Waals surface area (Å²) in [6.45, 7) is 1.45. The number of aryl methyl sites for hydroxylation is 1. The Kier molecular flexibility index (Phi) is 4.84. The molecule has 104 valence electrons. The van der Waals surface area contributed by atoms with Crippen LogP contribution in [0.1, 0.15) is 22.3 Å². The minimum Gasteiger partial charge on any atom is -0.389 e. The second-order valence-electron chi connectivity index (χ2n) is 4.35. The van der Waals surface area contributed by atoms with Crippen molar-refractivity contribution in [2.45, 2.75) is 13.0 Å². The molecule has 1 amide bonds. The number of aromatic nitrogens is 2. The van der Waals surface area contributed by atoms with Crippen molar-refractivity contribution >= 4 is 23.1 Å². The Balaban J connectivity index is 1.78. The maximum atomic E-state index is 11.9. The van der Waals surface area contributed by atoms with E-state index in [1.807, 2.05) is 10.8 Å². The molecule has 0 saturated carbocycles. The van der Waals surface area contributed by atoms with Crippen LogP contribution in [0.2, 0.25) is 0 Å². The van der Waals surface area contributed by atoms with Crippen molar-refractivity contribution in [1.82, 2.24) is 14.9 Å². The molecule has 2 rings (SSSR count). The summed E-state index contributed by atoms with van der Waals surface area (Å²) in [5.41, 5.74) is 6.87. The normalized spacial score (nSPS) is 10.2. The van der Waals surface area contributed by atoms with Gasteiger partial charge in [-0.15, -0.1) is 0 Å². The Bertz CT molecular complexity index is 578. The minimum absolute atomic E-state index is 0.0925. The van der Waals surface area contributed by atoms with Gasteiger partial charge in [-0.05, 0) is 18.6 Å². The van der Waals surface area contributed by atoms with Gasteiger partial charge < -0.3 is 15.6 Å². The van der Waals surface area contributed by atoms with E-state index in [9.17, 15) is 4.79 Å². The maximum absolute atomic E-state index is 11.9. The van der Waals surface area contributed by atoms with Crippen molar-refractivity contribution < 1.29 is 4.79 Å². The number of thiocarbonyl (C=S) groups is 1. The van der Waals surface area contributed by atoms with E-state index in [-0.39, 0.29) is 5.91 Å². The molecule has 0 aliphatic rings. The minimum atomic E-state index is -0.0925. The third-order valence-corrected chi connectivity index (χ3v) is 3.11. The van der Waals surface area contributed by atoms with Crippen LogP contribution in [-0.2, 0) is 6.54 Å². The van der Waals surface area contributed by atoms with Crippen LogP contribution in [0.15, 0.2) is 43.0 Å². The van der Waals surface area contributed by atoms with E-state index in [0.29, 0.717) is 17.1 Å². The first-order valence-electron chi connectivity index (χ1n) is 6.30. The number of hydrogen-bond acceptors (Lipinski definition) is 3. The molecule has 6 heteroatoms. The molecule has 0 saturated heterocycles. The number of carbonyl (C=O) groups is 1. The topological polar surface area (TPSA) is 72.9 Å². The van der Waals surface area contributed by atoms with Gasteiger partial charge in [0.1, 0.15) is 4.99 Å². The number of rotatable bonds is 6. The average molecular weight is 288 g/mol. The van der Waals surface area contributed by atoms with Crippen LogP contribution in [-0.4, -0.2) is 27.0 Å². The summed E-state index contributed by atoms with van der Waals surface area (Å²) in [6.07, 6.45) is 6.25. The lowest BCUT2D eigenvalue weighted by Gasteiger charge is -2.06. The van der Waals surface area contributed by atoms with E-state index >= 15 is 0 Å². The van der Waals surface area contributed by atoms with E-state index in [4.69, 9.17) is 18.0 Å². The van der Waals surface area contributed by atoms with Gasteiger partial charge in [0.2, 0.25) is 0 Å². The summed E-state index contributed by atoms with van der Waals surface area (Å²) in [7, 11) is 0. The molecule has 0 aliphatic heterocycles. The van der Waals surface area contributed by atoms with Crippen molar-refractivity contribution in [2.24, 2.45) is 5.73 Å². The zero-order valence-corrected chi connectivity index (χ0v) is 11.8.